The second kappa shape index (κ2) is 62.0. The Hall–Kier alpha value is -1.51. The fourth-order valence-electron chi connectivity index (χ4n) is 10.6. The van der Waals surface area contributed by atoms with Crippen molar-refractivity contribution in [1.82, 2.24) is 0 Å². The van der Waals surface area contributed by atoms with Crippen LogP contribution in [0.3, 0.4) is 0 Å². The molecule has 2 unspecified atom stereocenters. The molecule has 474 valence electrons. The Labute approximate surface area is 498 Å². The average Bonchev–Trinajstić information content (AvgIpc) is 3.42. The molecule has 0 aliphatic rings. The number of rotatable bonds is 66. The highest BCUT2D eigenvalue weighted by Crippen LogP contribution is 2.43. The monoisotopic (exact) mass is 1150 g/mol. The Balaban J connectivity index is 3.83. The van der Waals surface area contributed by atoms with Crippen LogP contribution in [0, 0.1) is 0 Å². The topological polar surface area (TPSA) is 108 Å². The van der Waals surface area contributed by atoms with Gasteiger partial charge in [0.05, 0.1) is 27.7 Å². The van der Waals surface area contributed by atoms with Gasteiger partial charge in [0, 0.05) is 12.8 Å². The summed E-state index contributed by atoms with van der Waals surface area (Å²) >= 11 is 0. The third kappa shape index (κ3) is 65.6. The molecule has 80 heavy (non-hydrogen) atoms. The number of allylic oxidation sites excluding steroid dienone is 4. The van der Waals surface area contributed by atoms with Crippen molar-refractivity contribution < 1.29 is 42.1 Å². The van der Waals surface area contributed by atoms with Crippen molar-refractivity contribution in [1.29, 1.82) is 0 Å². The summed E-state index contributed by atoms with van der Waals surface area (Å²) < 4.78 is 34.6. The molecule has 1 N–H and O–H groups in total. The Morgan fingerprint density at radius 1 is 0.388 bits per heavy atom. The largest absolute Gasteiger partial charge is 0.472 e. The van der Waals surface area contributed by atoms with Gasteiger partial charge in [0.15, 0.2) is 6.10 Å². The van der Waals surface area contributed by atoms with E-state index in [0.717, 1.165) is 44.9 Å². The molecule has 0 aromatic carbocycles. The number of carbonyl (C=O) groups is 2. The van der Waals surface area contributed by atoms with Gasteiger partial charge in [-0.15, -0.1) is 0 Å². The van der Waals surface area contributed by atoms with E-state index in [1.165, 1.54) is 289 Å². The number of carbonyl (C=O) groups excluding carboxylic acids is 2. The molecule has 0 saturated carbocycles. The third-order valence-electron chi connectivity index (χ3n) is 16.0. The molecular weight excluding hydrogens is 1010 g/mol. The van der Waals surface area contributed by atoms with Crippen molar-refractivity contribution >= 4 is 19.8 Å². The molecule has 0 radical (unpaired) electrons. The minimum atomic E-state index is -4.38. The summed E-state index contributed by atoms with van der Waals surface area (Å²) in [6.45, 7) is 4.49. The number of esters is 2. The lowest BCUT2D eigenvalue weighted by Crippen LogP contribution is -2.37. The van der Waals surface area contributed by atoms with Crippen molar-refractivity contribution in [3.8, 4) is 0 Å². The summed E-state index contributed by atoms with van der Waals surface area (Å²) in [5.41, 5.74) is 0. The van der Waals surface area contributed by atoms with Crippen LogP contribution in [0.2, 0.25) is 0 Å². The highest BCUT2D eigenvalue weighted by atomic mass is 31.2. The number of phosphoric ester groups is 1. The van der Waals surface area contributed by atoms with Crippen LogP contribution >= 0.6 is 7.82 Å². The first kappa shape index (κ1) is 78.5. The van der Waals surface area contributed by atoms with Gasteiger partial charge >= 0.3 is 19.8 Å². The van der Waals surface area contributed by atoms with E-state index in [9.17, 15) is 19.0 Å². The van der Waals surface area contributed by atoms with Crippen molar-refractivity contribution in [2.24, 2.45) is 0 Å². The number of unbranched alkanes of at least 4 members (excludes halogenated alkanes) is 48. The van der Waals surface area contributed by atoms with Gasteiger partial charge in [0.25, 0.3) is 0 Å². The lowest BCUT2D eigenvalue weighted by atomic mass is 10.0. The molecular formula is C70H137NO8P+. The highest BCUT2D eigenvalue weighted by molar-refractivity contribution is 7.47. The van der Waals surface area contributed by atoms with Gasteiger partial charge in [-0.2, -0.15) is 0 Å². The van der Waals surface area contributed by atoms with Crippen LogP contribution in [-0.2, 0) is 32.7 Å². The molecule has 0 spiro atoms. The Morgan fingerprint density at radius 3 is 0.988 bits per heavy atom. The summed E-state index contributed by atoms with van der Waals surface area (Å²) in [7, 11) is 1.50. The predicted octanol–water partition coefficient (Wildman–Crippen LogP) is 22.5. The molecule has 0 rings (SSSR count). The Bertz CT molecular complexity index is 1400. The van der Waals surface area contributed by atoms with Gasteiger partial charge in [0.1, 0.15) is 19.8 Å². The van der Waals surface area contributed by atoms with Crippen LogP contribution in [0.15, 0.2) is 24.3 Å². The van der Waals surface area contributed by atoms with E-state index in [4.69, 9.17) is 18.5 Å². The molecule has 0 bridgehead atoms. The quantitative estimate of drug-likeness (QED) is 0.0211. The third-order valence-corrected chi connectivity index (χ3v) is 17.0. The van der Waals surface area contributed by atoms with E-state index in [1.54, 1.807) is 0 Å². The maximum Gasteiger partial charge on any atom is 0.472 e. The number of quaternary nitrogens is 1. The summed E-state index contributed by atoms with van der Waals surface area (Å²) in [5.74, 6) is -0.774. The molecule has 10 heteroatoms. The molecule has 0 aliphatic carbocycles. The first-order valence-corrected chi connectivity index (χ1v) is 36.6. The zero-order valence-corrected chi connectivity index (χ0v) is 55.0. The zero-order chi connectivity index (χ0) is 58.4. The number of hydrogen-bond donors (Lipinski definition) is 1. The van der Waals surface area contributed by atoms with Crippen molar-refractivity contribution in [3.05, 3.63) is 24.3 Å². The molecule has 0 aliphatic heterocycles. The molecule has 0 heterocycles. The number of phosphoric acid groups is 1. The van der Waals surface area contributed by atoms with Gasteiger partial charge < -0.3 is 18.9 Å². The highest BCUT2D eigenvalue weighted by Gasteiger charge is 2.27. The molecule has 0 aromatic heterocycles. The first-order valence-electron chi connectivity index (χ1n) is 35.1. The van der Waals surface area contributed by atoms with E-state index >= 15 is 0 Å². The molecule has 9 nitrogen and oxygen atoms in total. The van der Waals surface area contributed by atoms with Crippen molar-refractivity contribution in [2.75, 3.05) is 47.5 Å². The van der Waals surface area contributed by atoms with Crippen molar-refractivity contribution in [2.45, 2.75) is 367 Å². The number of nitrogens with zero attached hydrogens (tertiary/aromatic N) is 1. The minimum absolute atomic E-state index is 0.0363. The van der Waals surface area contributed by atoms with Gasteiger partial charge in [-0.25, -0.2) is 4.57 Å². The SMILES string of the molecule is CCCCCCC/C=C\C/C=C\CCCCCCCCCCCCCCCCCCCCCCCCCCCCCCCC(=O)OC(COC(=O)CCCCCCCCCCCCCCCCC)COP(=O)(O)OCC[N+](C)(C)C. The lowest BCUT2D eigenvalue weighted by Gasteiger charge is -2.24. The number of likely N-dealkylation sites (N-methyl/N-ethyl adjacent to an activating group) is 1. The Morgan fingerprint density at radius 2 is 0.675 bits per heavy atom. The smallest absolute Gasteiger partial charge is 0.462 e. The predicted molar refractivity (Wildman–Crippen MR) is 344 cm³/mol. The molecule has 0 fully saturated rings. The minimum Gasteiger partial charge on any atom is -0.462 e. The van der Waals surface area contributed by atoms with Crippen LogP contribution in [0.1, 0.15) is 361 Å². The van der Waals surface area contributed by atoms with Crippen LogP contribution in [0.4, 0.5) is 0 Å². The van der Waals surface area contributed by atoms with Crippen LogP contribution in [-0.4, -0.2) is 74.9 Å². The van der Waals surface area contributed by atoms with E-state index in [-0.39, 0.29) is 25.6 Å². The number of ether oxygens (including phenoxy) is 2. The fourth-order valence-corrected chi connectivity index (χ4v) is 11.3. The number of hydrogen-bond acceptors (Lipinski definition) is 7. The summed E-state index contributed by atoms with van der Waals surface area (Å²) in [6.07, 6.45) is 77.4. The summed E-state index contributed by atoms with van der Waals surface area (Å²) in [6, 6.07) is 0. The van der Waals surface area contributed by atoms with E-state index in [0.29, 0.717) is 17.4 Å². The zero-order valence-electron chi connectivity index (χ0n) is 54.1. The second-order valence-electron chi connectivity index (χ2n) is 25.3. The standard InChI is InChI=1S/C70H136NO8P/c1-6-8-10-12-14-16-18-20-22-23-24-25-26-27-28-29-30-31-32-33-34-35-36-37-38-39-40-41-42-43-44-45-46-47-49-51-53-55-57-59-61-63-70(73)79-68(67-78-80(74,75)77-65-64-71(3,4)5)66-76-69(72)62-60-58-56-54-52-50-48-21-19-17-15-13-11-9-7-2/h18,20,23-24,68H,6-17,19,21-22,25-67H2,1-5H3/p+1/b20-18-,24-23-. The second-order valence-corrected chi connectivity index (χ2v) is 26.7. The Kier molecular flexibility index (Phi) is 60.9. The molecule has 0 saturated heterocycles. The van der Waals surface area contributed by atoms with Crippen LogP contribution in [0.25, 0.3) is 0 Å². The normalized spacial score (nSPS) is 13.2. The van der Waals surface area contributed by atoms with Crippen LogP contribution in [0.5, 0.6) is 0 Å². The average molecular weight is 1150 g/mol. The van der Waals surface area contributed by atoms with Gasteiger partial charge in [0.2, 0.25) is 0 Å². The molecule has 0 aromatic rings. The van der Waals surface area contributed by atoms with E-state index in [1.807, 2.05) is 21.1 Å². The van der Waals surface area contributed by atoms with Crippen LogP contribution < -0.4 is 0 Å². The van der Waals surface area contributed by atoms with Gasteiger partial charge in [-0.3, -0.25) is 18.6 Å². The fraction of sp³-hybridized carbons (Fsp3) is 0.914. The van der Waals surface area contributed by atoms with Gasteiger partial charge in [-0.05, 0) is 44.9 Å². The molecule has 0 amide bonds. The summed E-state index contributed by atoms with van der Waals surface area (Å²) in [4.78, 5) is 35.7. The lowest BCUT2D eigenvalue weighted by molar-refractivity contribution is -0.870. The maximum atomic E-state index is 12.8. The van der Waals surface area contributed by atoms with Gasteiger partial charge in [-0.1, -0.05) is 327 Å². The van der Waals surface area contributed by atoms with E-state index < -0.39 is 26.5 Å². The summed E-state index contributed by atoms with van der Waals surface area (Å²) in [5, 5.41) is 0. The van der Waals surface area contributed by atoms with Crippen molar-refractivity contribution in [3.63, 3.8) is 0 Å². The first-order chi connectivity index (χ1) is 39.0. The molecule has 2 atom stereocenters. The maximum absolute atomic E-state index is 12.8. The van der Waals surface area contributed by atoms with E-state index in [2.05, 4.69) is 38.2 Å².